The van der Waals surface area contributed by atoms with E-state index in [-0.39, 0.29) is 16.6 Å². The van der Waals surface area contributed by atoms with Crippen LogP contribution in [0.5, 0.6) is 0 Å². The van der Waals surface area contributed by atoms with Crippen molar-refractivity contribution in [3.8, 4) is 0 Å². The molecule has 6 rings (SSSR count). The molecule has 0 radical (unpaired) electrons. The van der Waals surface area contributed by atoms with Crippen LogP contribution in [0.4, 0.5) is 11.6 Å². The van der Waals surface area contributed by atoms with Crippen LogP contribution >= 0.6 is 93.0 Å². The number of nitrogens with zero attached hydrogens (tertiary/aromatic N) is 9. The summed E-state index contributed by atoms with van der Waals surface area (Å²) in [7, 11) is 0. The van der Waals surface area contributed by atoms with Crippen LogP contribution < -0.4 is 16.8 Å². The van der Waals surface area contributed by atoms with Gasteiger partial charge in [0.05, 0.1) is 22.9 Å². The second-order valence-corrected chi connectivity index (χ2v) is 14.8. The van der Waals surface area contributed by atoms with Gasteiger partial charge in [0, 0.05) is 43.1 Å². The molecule has 4 aromatic heterocycles. The molecule has 0 spiro atoms. The molecule has 0 aromatic carbocycles. The van der Waals surface area contributed by atoms with Crippen molar-refractivity contribution in [2.75, 3.05) is 48.3 Å². The highest BCUT2D eigenvalue weighted by Gasteiger charge is 2.28. The number of carbonyl (C=O) groups is 2. The Hall–Kier alpha value is -1.30. The predicted molar refractivity (Wildman–Crippen MR) is 202 cm³/mol. The van der Waals surface area contributed by atoms with E-state index in [4.69, 9.17) is 11.5 Å². The van der Waals surface area contributed by atoms with Gasteiger partial charge in [-0.3, -0.25) is 9.59 Å². The largest absolute Gasteiger partial charge is 0.383 e. The van der Waals surface area contributed by atoms with Gasteiger partial charge in [0.1, 0.15) is 31.7 Å². The van der Waals surface area contributed by atoms with E-state index in [0.717, 1.165) is 73.7 Å². The Morgan fingerprint density at radius 1 is 0.867 bits per heavy atom. The third-order valence-electron chi connectivity index (χ3n) is 7.26. The molecule has 19 heteroatoms. The number of nitrogen functional groups attached to an aromatic ring is 2. The number of halogens is 5. The Bertz CT molecular complexity index is 1620. The summed E-state index contributed by atoms with van der Waals surface area (Å²) in [6.45, 7) is 3.51. The number of amides is 1. The molecule has 2 atom stereocenters. The number of fused-ring (bicyclic) bond motifs is 2. The van der Waals surface area contributed by atoms with E-state index in [1.54, 1.807) is 0 Å². The van der Waals surface area contributed by atoms with Gasteiger partial charge < -0.3 is 21.7 Å². The molecule has 2 fully saturated rings. The van der Waals surface area contributed by atoms with Crippen LogP contribution in [0.1, 0.15) is 50.6 Å². The molecule has 2 aliphatic rings. The minimum Gasteiger partial charge on any atom is -0.383 e. The first-order chi connectivity index (χ1) is 21.7. The van der Waals surface area contributed by atoms with Crippen molar-refractivity contribution in [2.24, 2.45) is 0 Å². The first-order valence-corrected chi connectivity index (χ1v) is 19.4. The van der Waals surface area contributed by atoms with Crippen LogP contribution in [0.3, 0.4) is 0 Å². The molecule has 0 aliphatic carbocycles. The van der Waals surface area contributed by atoms with Crippen molar-refractivity contribution in [1.29, 1.82) is 0 Å². The summed E-state index contributed by atoms with van der Waals surface area (Å²) in [4.78, 5) is 40.7. The molecule has 0 unspecified atom stereocenters. The van der Waals surface area contributed by atoms with Crippen LogP contribution in [0.15, 0.2) is 12.7 Å². The summed E-state index contributed by atoms with van der Waals surface area (Å²) in [5.74, 6) is 1.14. The maximum atomic E-state index is 12.1. The van der Waals surface area contributed by atoms with Gasteiger partial charge in [-0.15, -0.1) is 0 Å². The van der Waals surface area contributed by atoms with Crippen molar-refractivity contribution < 1.29 is 9.59 Å². The smallest absolute Gasteiger partial charge is 0.223 e. The van der Waals surface area contributed by atoms with Gasteiger partial charge in [-0.1, -0.05) is 31.9 Å². The van der Waals surface area contributed by atoms with Crippen LogP contribution in [-0.2, 0) is 9.59 Å². The minimum atomic E-state index is 0.0550. The quantitative estimate of drug-likeness (QED) is 0.139. The molecule has 4 aromatic rings. The summed E-state index contributed by atoms with van der Waals surface area (Å²) in [5, 5.41) is 15.6. The molecule has 0 saturated carbocycles. The van der Waals surface area contributed by atoms with E-state index in [9.17, 15) is 9.59 Å². The minimum absolute atomic E-state index is 0.0550. The van der Waals surface area contributed by atoms with Crippen molar-refractivity contribution in [2.45, 2.75) is 50.6 Å². The molecule has 14 nitrogen and oxygen atoms in total. The lowest BCUT2D eigenvalue weighted by Crippen LogP contribution is -2.41. The van der Waals surface area contributed by atoms with E-state index in [2.05, 4.69) is 128 Å². The zero-order valence-corrected chi connectivity index (χ0v) is 33.3. The highest BCUT2D eigenvalue weighted by molar-refractivity contribution is 14.1. The Kier molecular flexibility index (Phi) is 14.4. The number of nitrogens with two attached hydrogens (primary N) is 2. The van der Waals surface area contributed by atoms with Gasteiger partial charge >= 0.3 is 0 Å². The Labute approximate surface area is 312 Å². The highest BCUT2D eigenvalue weighted by Crippen LogP contribution is 2.30. The molecule has 6 heterocycles. The lowest BCUT2D eigenvalue weighted by molar-refractivity contribution is -0.132. The first kappa shape index (κ1) is 36.5. The third-order valence-corrected chi connectivity index (χ3v) is 9.96. The first-order valence-electron chi connectivity index (χ1n) is 14.2. The fourth-order valence-electron chi connectivity index (χ4n) is 5.15. The molecule has 2 saturated heterocycles. The Morgan fingerprint density at radius 2 is 1.42 bits per heavy atom. The number of piperidine rings is 2. The number of likely N-dealkylation sites (tertiary alicyclic amines) is 1. The maximum Gasteiger partial charge on any atom is 0.223 e. The van der Waals surface area contributed by atoms with Gasteiger partial charge in [-0.25, -0.2) is 29.3 Å². The molecular weight excluding hydrogens is 1010 g/mol. The molecule has 1 amide bonds. The van der Waals surface area contributed by atoms with Crippen molar-refractivity contribution in [1.82, 2.24) is 49.7 Å². The van der Waals surface area contributed by atoms with Gasteiger partial charge in [0.15, 0.2) is 16.0 Å². The normalized spacial score (nSPS) is 18.2. The Morgan fingerprint density at radius 3 is 1.91 bits per heavy atom. The van der Waals surface area contributed by atoms with Gasteiger partial charge in [-0.05, 0) is 93.3 Å². The predicted octanol–water partition coefficient (Wildman–Crippen LogP) is 4.59. The van der Waals surface area contributed by atoms with Crippen LogP contribution in [0.25, 0.3) is 22.1 Å². The number of rotatable bonds is 6. The van der Waals surface area contributed by atoms with Crippen molar-refractivity contribution in [3.05, 3.63) is 20.1 Å². The summed E-state index contributed by atoms with van der Waals surface area (Å²) in [6.07, 6.45) is 8.31. The van der Waals surface area contributed by atoms with E-state index in [0.29, 0.717) is 42.4 Å². The van der Waals surface area contributed by atoms with Gasteiger partial charge in [0.2, 0.25) is 5.91 Å². The number of aromatic nitrogens is 8. The summed E-state index contributed by atoms with van der Waals surface area (Å²) >= 11 is 13.5. The van der Waals surface area contributed by atoms with E-state index in [1.165, 1.54) is 19.1 Å². The second-order valence-electron chi connectivity index (χ2n) is 10.3. The number of hydrogen-bond donors (Lipinski definition) is 3. The summed E-state index contributed by atoms with van der Waals surface area (Å²) in [5.41, 5.74) is 13.4. The van der Waals surface area contributed by atoms with Crippen LogP contribution in [0.2, 0.25) is 0 Å². The topological polar surface area (TPSA) is 189 Å². The van der Waals surface area contributed by atoms with Crippen LogP contribution in [-0.4, -0.2) is 91.8 Å². The zero-order valence-electron chi connectivity index (χ0n) is 24.2. The monoisotopic (exact) mass is 1040 g/mol. The lowest BCUT2D eigenvalue weighted by atomic mass is 10.1. The average molecular weight is 1040 g/mol. The van der Waals surface area contributed by atoms with Crippen molar-refractivity contribution in [3.63, 3.8) is 0 Å². The van der Waals surface area contributed by atoms with E-state index in [1.807, 2.05) is 14.3 Å². The molecule has 0 bridgehead atoms. The highest BCUT2D eigenvalue weighted by atomic mass is 127. The molecule has 244 valence electrons. The number of anilines is 2. The summed E-state index contributed by atoms with van der Waals surface area (Å²) in [6, 6.07) is 0.498. The standard InChI is InChI=1S/C13H16BrIN6O.C10H13IN6.C3H4Br2O/c14-4-3-9(22)20-5-1-2-8(6-20)21-13-10(11(15)19-21)12(16)17-7-18-13;11-8-7-9(12)14-5-15-10(7)17(16-8)6-2-1-3-13-4-6;4-2-1-3(5)6/h7-8H,1-6H2,(H2,16,17,18);5-6,13H,1-4H2,(H2,12,14,15);1-2H2/t8-;6-;/m11./s1. The van der Waals surface area contributed by atoms with Crippen LogP contribution in [0, 0.1) is 7.40 Å². The number of carbonyl (C=O) groups excluding carboxylic acids is 2. The molecule has 5 N–H and O–H groups in total. The zero-order chi connectivity index (χ0) is 32.5. The van der Waals surface area contributed by atoms with Gasteiger partial charge in [0.25, 0.3) is 0 Å². The second kappa shape index (κ2) is 17.7. The number of hydrogen-bond acceptors (Lipinski definition) is 11. The molecule has 45 heavy (non-hydrogen) atoms. The molecule has 2 aliphatic heterocycles. The number of alkyl halides is 2. The fraction of sp³-hybridized carbons (Fsp3) is 0.538. The molecular formula is C26H33Br3I2N12O2. The SMILES string of the molecule is Nc1ncnc2c1c(I)nn2[C@@H]1CCCN(C(=O)CCBr)C1.Nc1ncnc2c1c(I)nn2[C@@H]1CCCNC1.O=C(Br)CCBr. The summed E-state index contributed by atoms with van der Waals surface area (Å²) < 4.78 is 5.62. The fourth-order valence-corrected chi connectivity index (χ4v) is 8.08. The number of nitrogens with one attached hydrogen (secondary N) is 1. The lowest BCUT2D eigenvalue weighted by Gasteiger charge is -2.33. The Balaban J connectivity index is 0.000000178. The van der Waals surface area contributed by atoms with E-state index >= 15 is 0 Å². The average Bonchev–Trinajstić information content (AvgIpc) is 3.56. The van der Waals surface area contributed by atoms with E-state index < -0.39 is 0 Å². The van der Waals surface area contributed by atoms with Gasteiger partial charge in [-0.2, -0.15) is 10.2 Å². The maximum absolute atomic E-state index is 12.1. The van der Waals surface area contributed by atoms with Crippen molar-refractivity contribution >= 4 is 137 Å². The third kappa shape index (κ3) is 9.41.